The molecule has 0 fully saturated rings. The number of benzene rings is 6. The number of fused-ring (bicyclic) bond motifs is 3. The van der Waals surface area contributed by atoms with Crippen molar-refractivity contribution in [2.45, 2.75) is 6.92 Å². The van der Waals surface area contributed by atoms with Gasteiger partial charge in [0, 0.05) is 17.9 Å². The van der Waals surface area contributed by atoms with E-state index in [0.717, 1.165) is 6.54 Å². The zero-order valence-electron chi connectivity index (χ0n) is 20.9. The third kappa shape index (κ3) is 3.63. The zero-order chi connectivity index (χ0) is 24.8. The first kappa shape index (κ1) is 21.6. The first-order valence-corrected chi connectivity index (χ1v) is 12.9. The lowest BCUT2D eigenvalue weighted by atomic mass is 9.86. The Labute approximate surface area is 217 Å². The van der Waals surface area contributed by atoms with Crippen molar-refractivity contribution < 1.29 is 0 Å². The maximum Gasteiger partial charge on any atom is 0.0487 e. The van der Waals surface area contributed by atoms with Gasteiger partial charge in [0.05, 0.1) is 0 Å². The predicted molar refractivity (Wildman–Crippen MR) is 159 cm³/mol. The molecule has 0 radical (unpaired) electrons. The van der Waals surface area contributed by atoms with Gasteiger partial charge < -0.3 is 4.90 Å². The molecule has 0 saturated carbocycles. The Balaban J connectivity index is 1.42. The van der Waals surface area contributed by atoms with Gasteiger partial charge in [0.15, 0.2) is 0 Å². The van der Waals surface area contributed by atoms with Crippen molar-refractivity contribution in [3.8, 4) is 22.3 Å². The van der Waals surface area contributed by atoms with E-state index in [1.807, 2.05) is 0 Å². The Morgan fingerprint density at radius 1 is 0.486 bits per heavy atom. The van der Waals surface area contributed by atoms with Gasteiger partial charge in [0.25, 0.3) is 0 Å². The molecule has 0 spiro atoms. The van der Waals surface area contributed by atoms with Crippen LogP contribution in [-0.4, -0.2) is 6.54 Å². The molecule has 1 heterocycles. The van der Waals surface area contributed by atoms with E-state index in [9.17, 15) is 0 Å². The molecule has 37 heavy (non-hydrogen) atoms. The van der Waals surface area contributed by atoms with Gasteiger partial charge >= 0.3 is 0 Å². The van der Waals surface area contributed by atoms with Gasteiger partial charge in [-0.1, -0.05) is 121 Å². The van der Waals surface area contributed by atoms with E-state index < -0.39 is 0 Å². The van der Waals surface area contributed by atoms with Gasteiger partial charge in [0.2, 0.25) is 0 Å². The summed E-state index contributed by atoms with van der Waals surface area (Å²) in [5.41, 5.74) is 10.2. The smallest absolute Gasteiger partial charge is 0.0487 e. The highest BCUT2D eigenvalue weighted by Crippen LogP contribution is 2.44. The molecular weight excluding hydrogens is 446 g/mol. The van der Waals surface area contributed by atoms with E-state index in [1.54, 1.807) is 0 Å². The number of anilines is 2. The highest BCUT2D eigenvalue weighted by atomic mass is 15.1. The number of rotatable bonds is 3. The second-order valence-electron chi connectivity index (χ2n) is 9.89. The fourth-order valence-electron chi connectivity index (χ4n) is 5.89. The summed E-state index contributed by atoms with van der Waals surface area (Å²) in [6.07, 6.45) is 2.30. The van der Waals surface area contributed by atoms with Gasteiger partial charge in [-0.25, -0.2) is 0 Å². The summed E-state index contributed by atoms with van der Waals surface area (Å²) >= 11 is 0. The molecule has 6 aromatic rings. The van der Waals surface area contributed by atoms with Gasteiger partial charge in [-0.2, -0.15) is 0 Å². The van der Waals surface area contributed by atoms with Gasteiger partial charge in [-0.15, -0.1) is 0 Å². The van der Waals surface area contributed by atoms with Crippen molar-refractivity contribution in [2.75, 3.05) is 11.4 Å². The summed E-state index contributed by atoms with van der Waals surface area (Å²) in [4.78, 5) is 2.42. The molecule has 6 aromatic carbocycles. The molecule has 1 nitrogen and oxygen atoms in total. The minimum atomic E-state index is 0.911. The molecule has 0 amide bonds. The standard InChI is InChI=1S/C36H27N/c1-25-23-28-13-5-10-18-34(28)37(24-25)29-21-19-27(20-22-29)36-32-16-8-6-14-30(32)35(26-11-3-2-4-12-26)31-15-7-9-17-33(31)36/h2-23H,24H2,1H3. The highest BCUT2D eigenvalue weighted by Gasteiger charge is 2.19. The van der Waals surface area contributed by atoms with E-state index in [1.165, 1.54) is 66.3 Å². The lowest BCUT2D eigenvalue weighted by Gasteiger charge is -2.30. The fraction of sp³-hybridized carbons (Fsp3) is 0.0556. The minimum Gasteiger partial charge on any atom is -0.337 e. The van der Waals surface area contributed by atoms with E-state index in [0.29, 0.717) is 0 Å². The zero-order valence-corrected chi connectivity index (χ0v) is 20.9. The van der Waals surface area contributed by atoms with E-state index in [-0.39, 0.29) is 0 Å². The van der Waals surface area contributed by atoms with Crippen LogP contribution in [0.25, 0.3) is 49.9 Å². The number of nitrogens with zero attached hydrogens (tertiary/aromatic N) is 1. The Kier molecular flexibility index (Phi) is 5.15. The Hall–Kier alpha value is -4.62. The lowest BCUT2D eigenvalue weighted by Crippen LogP contribution is -2.22. The Bertz CT molecular complexity index is 1740. The normalized spacial score (nSPS) is 13.0. The average Bonchev–Trinajstić information content (AvgIpc) is 2.96. The van der Waals surface area contributed by atoms with E-state index in [2.05, 4.69) is 145 Å². The number of hydrogen-bond donors (Lipinski definition) is 0. The molecule has 0 bridgehead atoms. The van der Waals surface area contributed by atoms with Crippen molar-refractivity contribution in [3.63, 3.8) is 0 Å². The van der Waals surface area contributed by atoms with Gasteiger partial charge in [-0.3, -0.25) is 0 Å². The molecule has 7 rings (SSSR count). The van der Waals surface area contributed by atoms with Crippen molar-refractivity contribution >= 4 is 39.0 Å². The maximum atomic E-state index is 2.42. The molecule has 1 aliphatic rings. The number of para-hydroxylation sites is 1. The first-order chi connectivity index (χ1) is 18.3. The molecule has 1 aliphatic heterocycles. The Morgan fingerprint density at radius 2 is 0.973 bits per heavy atom. The van der Waals surface area contributed by atoms with Gasteiger partial charge in [0.1, 0.15) is 0 Å². The van der Waals surface area contributed by atoms with Crippen molar-refractivity contribution in [1.29, 1.82) is 0 Å². The van der Waals surface area contributed by atoms with Crippen molar-refractivity contribution in [3.05, 3.63) is 139 Å². The largest absolute Gasteiger partial charge is 0.337 e. The lowest BCUT2D eigenvalue weighted by molar-refractivity contribution is 1.02. The van der Waals surface area contributed by atoms with E-state index in [4.69, 9.17) is 0 Å². The summed E-state index contributed by atoms with van der Waals surface area (Å²) in [5.74, 6) is 0. The molecule has 176 valence electrons. The number of hydrogen-bond acceptors (Lipinski definition) is 1. The topological polar surface area (TPSA) is 3.24 Å². The van der Waals surface area contributed by atoms with Crippen LogP contribution in [0.1, 0.15) is 12.5 Å². The summed E-state index contributed by atoms with van der Waals surface area (Å²) in [6.45, 7) is 3.12. The van der Waals surface area contributed by atoms with Crippen LogP contribution in [0.2, 0.25) is 0 Å². The highest BCUT2D eigenvalue weighted by molar-refractivity contribution is 6.21. The summed E-state index contributed by atoms with van der Waals surface area (Å²) in [7, 11) is 0. The molecule has 0 N–H and O–H groups in total. The second-order valence-corrected chi connectivity index (χ2v) is 9.89. The summed E-state index contributed by atoms with van der Waals surface area (Å²) in [6, 6.07) is 46.3. The Morgan fingerprint density at radius 3 is 1.57 bits per heavy atom. The van der Waals surface area contributed by atoms with Crippen LogP contribution in [0.4, 0.5) is 11.4 Å². The van der Waals surface area contributed by atoms with Crippen LogP contribution in [-0.2, 0) is 0 Å². The summed E-state index contributed by atoms with van der Waals surface area (Å²) < 4.78 is 0. The molecule has 0 unspecified atom stereocenters. The monoisotopic (exact) mass is 473 g/mol. The van der Waals surface area contributed by atoms with Gasteiger partial charge in [-0.05, 0) is 74.5 Å². The minimum absolute atomic E-state index is 0.911. The van der Waals surface area contributed by atoms with Crippen LogP contribution in [0.3, 0.4) is 0 Å². The second kappa shape index (κ2) is 8.80. The average molecular weight is 474 g/mol. The molecular formula is C36H27N. The molecule has 0 saturated heterocycles. The molecule has 0 atom stereocenters. The quantitative estimate of drug-likeness (QED) is 0.231. The molecule has 0 aromatic heterocycles. The van der Waals surface area contributed by atoms with Crippen LogP contribution in [0.5, 0.6) is 0 Å². The summed E-state index contributed by atoms with van der Waals surface area (Å²) in [5, 5.41) is 5.15. The van der Waals surface area contributed by atoms with Crippen molar-refractivity contribution in [2.24, 2.45) is 0 Å². The predicted octanol–water partition coefficient (Wildman–Crippen LogP) is 9.88. The molecule has 1 heteroatoms. The van der Waals surface area contributed by atoms with E-state index >= 15 is 0 Å². The van der Waals surface area contributed by atoms with Crippen molar-refractivity contribution in [1.82, 2.24) is 0 Å². The fourth-order valence-corrected chi connectivity index (χ4v) is 5.89. The first-order valence-electron chi connectivity index (χ1n) is 12.9. The maximum absolute atomic E-state index is 2.42. The van der Waals surface area contributed by atoms with Crippen LogP contribution >= 0.6 is 0 Å². The van der Waals surface area contributed by atoms with Crippen LogP contribution in [0, 0.1) is 0 Å². The SMILES string of the molecule is CC1=Cc2ccccc2N(c2ccc(-c3c4ccccc4c(-c4ccccc4)c4ccccc34)cc2)C1. The third-order valence-electron chi connectivity index (χ3n) is 7.50. The van der Waals surface area contributed by atoms with Crippen LogP contribution in [0.15, 0.2) is 133 Å². The molecule has 0 aliphatic carbocycles. The third-order valence-corrected chi connectivity index (χ3v) is 7.50. The van der Waals surface area contributed by atoms with Crippen LogP contribution < -0.4 is 4.90 Å².